The van der Waals surface area contributed by atoms with Gasteiger partial charge in [-0.05, 0) is 31.4 Å². The predicted molar refractivity (Wildman–Crippen MR) is 81.6 cm³/mol. The van der Waals surface area contributed by atoms with Gasteiger partial charge in [0.05, 0.1) is 6.42 Å². The molecule has 20 heavy (non-hydrogen) atoms. The van der Waals surface area contributed by atoms with Crippen LogP contribution in [0.2, 0.25) is 0 Å². The van der Waals surface area contributed by atoms with Crippen molar-refractivity contribution in [1.29, 1.82) is 0 Å². The molecule has 0 radical (unpaired) electrons. The van der Waals surface area contributed by atoms with Crippen LogP contribution in [0.5, 0.6) is 0 Å². The molecule has 0 aliphatic heterocycles. The molecule has 0 atom stereocenters. The summed E-state index contributed by atoms with van der Waals surface area (Å²) in [5.41, 5.74) is 2.18. The topological polar surface area (TPSA) is 44.9 Å². The standard InChI is InChI=1S/C17H22N2O/c1-17(9-5-2-6-10-17)19-16(20)11-13-12-18-15-8-4-3-7-14(13)15/h3-4,7-8,12,18H,2,5-6,9-11H2,1H3,(H,19,20). The van der Waals surface area contributed by atoms with Crippen LogP contribution in [0.3, 0.4) is 0 Å². The molecule has 1 amide bonds. The molecule has 1 heterocycles. The van der Waals surface area contributed by atoms with E-state index in [4.69, 9.17) is 0 Å². The van der Waals surface area contributed by atoms with Gasteiger partial charge in [-0.25, -0.2) is 0 Å². The summed E-state index contributed by atoms with van der Waals surface area (Å²) < 4.78 is 0. The summed E-state index contributed by atoms with van der Waals surface area (Å²) in [6.07, 6.45) is 8.37. The largest absolute Gasteiger partial charge is 0.361 e. The summed E-state index contributed by atoms with van der Waals surface area (Å²) in [7, 11) is 0. The third-order valence-corrected chi connectivity index (χ3v) is 4.42. The fraction of sp³-hybridized carbons (Fsp3) is 0.471. The molecule has 106 valence electrons. The maximum atomic E-state index is 12.3. The van der Waals surface area contributed by atoms with Crippen LogP contribution < -0.4 is 5.32 Å². The van der Waals surface area contributed by atoms with Gasteiger partial charge in [0.1, 0.15) is 0 Å². The Morgan fingerprint density at radius 1 is 1.25 bits per heavy atom. The summed E-state index contributed by atoms with van der Waals surface area (Å²) >= 11 is 0. The van der Waals surface area contributed by atoms with Gasteiger partial charge in [-0.3, -0.25) is 4.79 Å². The van der Waals surface area contributed by atoms with E-state index in [2.05, 4.69) is 23.3 Å². The number of fused-ring (bicyclic) bond motifs is 1. The number of H-pyrrole nitrogens is 1. The van der Waals surface area contributed by atoms with Crippen molar-refractivity contribution in [2.24, 2.45) is 0 Å². The zero-order valence-electron chi connectivity index (χ0n) is 12.0. The van der Waals surface area contributed by atoms with Gasteiger partial charge < -0.3 is 10.3 Å². The number of amides is 1. The quantitative estimate of drug-likeness (QED) is 0.880. The Bertz CT molecular complexity index is 608. The number of hydrogen-bond acceptors (Lipinski definition) is 1. The fourth-order valence-electron chi connectivity index (χ4n) is 3.29. The lowest BCUT2D eigenvalue weighted by molar-refractivity contribution is -0.122. The number of rotatable bonds is 3. The molecule has 1 saturated carbocycles. The Labute approximate surface area is 119 Å². The number of aromatic amines is 1. The molecular weight excluding hydrogens is 248 g/mol. The van der Waals surface area contributed by atoms with Gasteiger partial charge in [0, 0.05) is 22.6 Å². The van der Waals surface area contributed by atoms with Crippen molar-refractivity contribution in [3.63, 3.8) is 0 Å². The lowest BCUT2D eigenvalue weighted by atomic mass is 9.83. The van der Waals surface area contributed by atoms with E-state index in [1.807, 2.05) is 24.4 Å². The molecular formula is C17H22N2O. The van der Waals surface area contributed by atoms with Crippen molar-refractivity contribution in [2.75, 3.05) is 0 Å². The van der Waals surface area contributed by atoms with Crippen LogP contribution in [-0.4, -0.2) is 16.4 Å². The van der Waals surface area contributed by atoms with Gasteiger partial charge in [0.2, 0.25) is 5.91 Å². The fourth-order valence-corrected chi connectivity index (χ4v) is 3.29. The number of carbonyl (C=O) groups excluding carboxylic acids is 1. The number of nitrogens with one attached hydrogen (secondary N) is 2. The Balaban J connectivity index is 1.69. The van der Waals surface area contributed by atoms with Gasteiger partial charge >= 0.3 is 0 Å². The summed E-state index contributed by atoms with van der Waals surface area (Å²) in [6, 6.07) is 8.13. The molecule has 3 rings (SSSR count). The number of para-hydroxylation sites is 1. The van der Waals surface area contributed by atoms with Crippen LogP contribution in [0.15, 0.2) is 30.5 Å². The first-order valence-electron chi connectivity index (χ1n) is 7.52. The highest BCUT2D eigenvalue weighted by atomic mass is 16.1. The smallest absolute Gasteiger partial charge is 0.224 e. The summed E-state index contributed by atoms with van der Waals surface area (Å²) in [4.78, 5) is 15.5. The van der Waals surface area contributed by atoms with Gasteiger partial charge in [-0.15, -0.1) is 0 Å². The van der Waals surface area contributed by atoms with E-state index >= 15 is 0 Å². The zero-order chi connectivity index (χ0) is 14.0. The highest BCUT2D eigenvalue weighted by molar-refractivity contribution is 5.89. The lowest BCUT2D eigenvalue weighted by Gasteiger charge is -2.34. The van der Waals surface area contributed by atoms with Crippen LogP contribution in [0.4, 0.5) is 0 Å². The molecule has 0 spiro atoms. The molecule has 0 unspecified atom stereocenters. The first-order chi connectivity index (χ1) is 9.66. The van der Waals surface area contributed by atoms with Crippen molar-refractivity contribution < 1.29 is 4.79 Å². The summed E-state index contributed by atoms with van der Waals surface area (Å²) in [6.45, 7) is 2.18. The second-order valence-electron chi connectivity index (χ2n) is 6.21. The van der Waals surface area contributed by atoms with Gasteiger partial charge in [0.15, 0.2) is 0 Å². The maximum Gasteiger partial charge on any atom is 0.224 e. The molecule has 1 aliphatic carbocycles. The lowest BCUT2D eigenvalue weighted by Crippen LogP contribution is -2.47. The molecule has 2 aromatic rings. The number of hydrogen-bond donors (Lipinski definition) is 2. The molecule has 3 heteroatoms. The molecule has 1 aliphatic rings. The van der Waals surface area contributed by atoms with E-state index in [-0.39, 0.29) is 11.4 Å². The second-order valence-corrected chi connectivity index (χ2v) is 6.21. The Morgan fingerprint density at radius 2 is 2.00 bits per heavy atom. The minimum atomic E-state index is 0.00143. The highest BCUT2D eigenvalue weighted by Crippen LogP contribution is 2.27. The highest BCUT2D eigenvalue weighted by Gasteiger charge is 2.28. The van der Waals surface area contributed by atoms with E-state index in [9.17, 15) is 4.79 Å². The molecule has 1 fully saturated rings. The van der Waals surface area contributed by atoms with Gasteiger partial charge in [-0.2, -0.15) is 0 Å². The average Bonchev–Trinajstić information content (AvgIpc) is 2.82. The number of carbonyl (C=O) groups is 1. The minimum Gasteiger partial charge on any atom is -0.361 e. The molecule has 0 saturated heterocycles. The Hall–Kier alpha value is -1.77. The van der Waals surface area contributed by atoms with Crippen molar-refractivity contribution >= 4 is 16.8 Å². The third-order valence-electron chi connectivity index (χ3n) is 4.42. The molecule has 3 nitrogen and oxygen atoms in total. The SMILES string of the molecule is CC1(NC(=O)Cc2c[nH]c3ccccc23)CCCCC1. The molecule has 1 aromatic heterocycles. The van der Waals surface area contributed by atoms with Crippen LogP contribution in [-0.2, 0) is 11.2 Å². The Morgan fingerprint density at radius 3 is 2.80 bits per heavy atom. The first-order valence-corrected chi connectivity index (χ1v) is 7.52. The van der Waals surface area contributed by atoms with Crippen molar-refractivity contribution in [3.8, 4) is 0 Å². The van der Waals surface area contributed by atoms with E-state index in [0.717, 1.165) is 29.3 Å². The van der Waals surface area contributed by atoms with Gasteiger partial charge in [-0.1, -0.05) is 37.5 Å². The van der Waals surface area contributed by atoms with Crippen LogP contribution in [0.25, 0.3) is 10.9 Å². The normalized spacial score (nSPS) is 18.1. The number of aromatic nitrogens is 1. The predicted octanol–water partition coefficient (Wildman–Crippen LogP) is 3.55. The van der Waals surface area contributed by atoms with Crippen molar-refractivity contribution in [3.05, 3.63) is 36.0 Å². The van der Waals surface area contributed by atoms with Crippen molar-refractivity contribution in [1.82, 2.24) is 10.3 Å². The van der Waals surface area contributed by atoms with Crippen molar-refractivity contribution in [2.45, 2.75) is 51.0 Å². The average molecular weight is 270 g/mol. The molecule has 0 bridgehead atoms. The zero-order valence-corrected chi connectivity index (χ0v) is 12.0. The number of benzene rings is 1. The van der Waals surface area contributed by atoms with E-state index < -0.39 is 0 Å². The van der Waals surface area contributed by atoms with E-state index in [1.54, 1.807) is 0 Å². The monoisotopic (exact) mass is 270 g/mol. The van der Waals surface area contributed by atoms with Gasteiger partial charge in [0.25, 0.3) is 0 Å². The summed E-state index contributed by atoms with van der Waals surface area (Å²) in [5.74, 6) is 0.138. The molecule has 2 N–H and O–H groups in total. The Kier molecular flexibility index (Phi) is 3.51. The van der Waals surface area contributed by atoms with E-state index in [1.165, 1.54) is 19.3 Å². The van der Waals surface area contributed by atoms with Crippen LogP contribution in [0.1, 0.15) is 44.6 Å². The van der Waals surface area contributed by atoms with Crippen LogP contribution >= 0.6 is 0 Å². The van der Waals surface area contributed by atoms with E-state index in [0.29, 0.717) is 6.42 Å². The molecule has 1 aromatic carbocycles. The second kappa shape index (κ2) is 5.31. The minimum absolute atomic E-state index is 0.00143. The third kappa shape index (κ3) is 2.72. The first kappa shape index (κ1) is 13.2. The summed E-state index contributed by atoms with van der Waals surface area (Å²) in [5, 5.41) is 4.39. The maximum absolute atomic E-state index is 12.3. The van der Waals surface area contributed by atoms with Crippen LogP contribution in [0, 0.1) is 0 Å².